The third-order valence-electron chi connectivity index (χ3n) is 3.04. The number of rotatable bonds is 5. The third-order valence-corrected chi connectivity index (χ3v) is 3.04. The van der Waals surface area contributed by atoms with Gasteiger partial charge in [0.1, 0.15) is 0 Å². The number of aromatic nitrogens is 2. The number of nitrogens with one attached hydrogen (secondary N) is 2. The number of aromatic amines is 1. The molecule has 0 aliphatic rings. The van der Waals surface area contributed by atoms with E-state index in [0.29, 0.717) is 17.8 Å². The Bertz CT molecular complexity index is 678. The van der Waals surface area contributed by atoms with Crippen LogP contribution in [0, 0.1) is 0 Å². The second kappa shape index (κ2) is 6.08. The van der Waals surface area contributed by atoms with E-state index in [9.17, 15) is 9.59 Å². The first-order valence-electron chi connectivity index (χ1n) is 6.57. The smallest absolute Gasteiger partial charge is 0.278 e. The van der Waals surface area contributed by atoms with Gasteiger partial charge in [-0.1, -0.05) is 25.5 Å². The number of anilines is 2. The summed E-state index contributed by atoms with van der Waals surface area (Å²) < 4.78 is 0. The zero-order chi connectivity index (χ0) is 15.4. The lowest BCUT2D eigenvalue weighted by atomic mass is 10.1. The van der Waals surface area contributed by atoms with Crippen molar-refractivity contribution in [2.75, 3.05) is 11.1 Å². The van der Waals surface area contributed by atoms with Crippen LogP contribution in [0.3, 0.4) is 0 Å². The number of carbonyl (C=O) groups is 2. The molecule has 0 spiro atoms. The van der Waals surface area contributed by atoms with E-state index in [0.717, 1.165) is 12.1 Å². The first-order chi connectivity index (χ1) is 10.0. The van der Waals surface area contributed by atoms with Gasteiger partial charge in [-0.3, -0.25) is 14.7 Å². The van der Waals surface area contributed by atoms with Crippen molar-refractivity contribution in [3.63, 3.8) is 0 Å². The zero-order valence-electron chi connectivity index (χ0n) is 11.6. The summed E-state index contributed by atoms with van der Waals surface area (Å²) in [6.07, 6.45) is 1.60. The molecule has 0 radical (unpaired) electrons. The first kappa shape index (κ1) is 14.6. The number of nitrogens with two attached hydrogens (primary N) is 2. The van der Waals surface area contributed by atoms with Gasteiger partial charge in [0.15, 0.2) is 5.69 Å². The van der Waals surface area contributed by atoms with Crippen LogP contribution in [0.1, 0.15) is 39.9 Å². The standard InChI is InChI=1S/C14H17N5O2/c1-2-5-10-11(15)12(19-18-10)14(21)17-9-7-4-3-6-8(9)13(16)20/h3-4,6-7H,2,5,15H2,1H3,(H2,16,20)(H,17,21)(H,18,19). The van der Waals surface area contributed by atoms with Crippen LogP contribution < -0.4 is 16.8 Å². The van der Waals surface area contributed by atoms with Gasteiger partial charge in [-0.25, -0.2) is 0 Å². The van der Waals surface area contributed by atoms with Crippen LogP contribution in [0.25, 0.3) is 0 Å². The molecule has 7 heteroatoms. The fourth-order valence-electron chi connectivity index (χ4n) is 1.99. The Morgan fingerprint density at radius 2 is 2.05 bits per heavy atom. The molecule has 1 heterocycles. The number of aryl methyl sites for hydroxylation is 1. The van der Waals surface area contributed by atoms with Gasteiger partial charge in [-0.2, -0.15) is 5.10 Å². The molecule has 2 aromatic rings. The summed E-state index contributed by atoms with van der Waals surface area (Å²) in [5, 5.41) is 9.28. The molecule has 0 bridgehead atoms. The molecule has 7 nitrogen and oxygen atoms in total. The average molecular weight is 287 g/mol. The zero-order valence-corrected chi connectivity index (χ0v) is 11.6. The van der Waals surface area contributed by atoms with Crippen molar-refractivity contribution in [2.24, 2.45) is 5.73 Å². The van der Waals surface area contributed by atoms with Gasteiger partial charge in [-0.05, 0) is 18.6 Å². The van der Waals surface area contributed by atoms with Crippen LogP contribution in [0.2, 0.25) is 0 Å². The van der Waals surface area contributed by atoms with Crippen LogP contribution in [0.4, 0.5) is 11.4 Å². The summed E-state index contributed by atoms with van der Waals surface area (Å²) >= 11 is 0. The summed E-state index contributed by atoms with van der Waals surface area (Å²) in [7, 11) is 0. The number of carbonyl (C=O) groups excluding carboxylic acids is 2. The predicted octanol–water partition coefficient (Wildman–Crippen LogP) is 1.30. The van der Waals surface area contributed by atoms with Gasteiger partial charge in [0.05, 0.1) is 22.6 Å². The van der Waals surface area contributed by atoms with Crippen LogP contribution in [-0.4, -0.2) is 22.0 Å². The second-order valence-electron chi connectivity index (χ2n) is 4.58. The Hall–Kier alpha value is -2.83. The van der Waals surface area contributed by atoms with Crippen molar-refractivity contribution in [3.05, 3.63) is 41.2 Å². The van der Waals surface area contributed by atoms with Crippen molar-refractivity contribution in [1.82, 2.24) is 10.2 Å². The number of amides is 2. The van der Waals surface area contributed by atoms with Crippen LogP contribution in [0.5, 0.6) is 0 Å². The van der Waals surface area contributed by atoms with Gasteiger partial charge in [0, 0.05) is 0 Å². The summed E-state index contributed by atoms with van der Waals surface area (Å²) in [6.45, 7) is 2.00. The minimum absolute atomic E-state index is 0.109. The summed E-state index contributed by atoms with van der Waals surface area (Å²) in [6, 6.07) is 6.48. The molecule has 1 aromatic carbocycles. The number of hydrogen-bond acceptors (Lipinski definition) is 4. The quantitative estimate of drug-likeness (QED) is 0.660. The van der Waals surface area contributed by atoms with Crippen molar-refractivity contribution in [1.29, 1.82) is 0 Å². The molecule has 2 rings (SSSR count). The van der Waals surface area contributed by atoms with Gasteiger partial charge in [0.2, 0.25) is 0 Å². The number of benzene rings is 1. The Labute approximate surface area is 121 Å². The van der Waals surface area contributed by atoms with Gasteiger partial charge in [0.25, 0.3) is 11.8 Å². The highest BCUT2D eigenvalue weighted by atomic mass is 16.2. The number of nitrogens with zero attached hydrogens (tertiary/aromatic N) is 1. The highest BCUT2D eigenvalue weighted by molar-refractivity contribution is 6.10. The monoisotopic (exact) mass is 287 g/mol. The van der Waals surface area contributed by atoms with Crippen LogP contribution in [0.15, 0.2) is 24.3 Å². The highest BCUT2D eigenvalue weighted by Gasteiger charge is 2.18. The molecule has 0 saturated heterocycles. The molecular formula is C14H17N5O2. The fraction of sp³-hybridized carbons (Fsp3) is 0.214. The Morgan fingerprint density at radius 1 is 1.33 bits per heavy atom. The topological polar surface area (TPSA) is 127 Å². The molecule has 6 N–H and O–H groups in total. The molecule has 0 fully saturated rings. The Balaban J connectivity index is 2.25. The molecule has 0 saturated carbocycles. The number of hydrogen-bond donors (Lipinski definition) is 4. The molecule has 21 heavy (non-hydrogen) atoms. The second-order valence-corrected chi connectivity index (χ2v) is 4.58. The maximum atomic E-state index is 12.2. The molecule has 0 unspecified atom stereocenters. The molecule has 2 amide bonds. The van der Waals surface area contributed by atoms with Crippen molar-refractivity contribution in [2.45, 2.75) is 19.8 Å². The molecule has 1 aromatic heterocycles. The largest absolute Gasteiger partial charge is 0.395 e. The highest BCUT2D eigenvalue weighted by Crippen LogP contribution is 2.19. The lowest BCUT2D eigenvalue weighted by Crippen LogP contribution is -2.19. The van der Waals surface area contributed by atoms with E-state index in [2.05, 4.69) is 15.5 Å². The minimum Gasteiger partial charge on any atom is -0.395 e. The maximum Gasteiger partial charge on any atom is 0.278 e. The number of nitrogen functional groups attached to an aromatic ring is 1. The number of para-hydroxylation sites is 1. The lowest BCUT2D eigenvalue weighted by Gasteiger charge is -2.07. The minimum atomic E-state index is -0.618. The Kier molecular flexibility index (Phi) is 4.22. The van der Waals surface area contributed by atoms with Gasteiger partial charge in [-0.15, -0.1) is 0 Å². The van der Waals surface area contributed by atoms with E-state index in [1.165, 1.54) is 6.07 Å². The molecule has 0 atom stereocenters. The number of H-pyrrole nitrogens is 1. The number of primary amides is 1. The summed E-state index contributed by atoms with van der Waals surface area (Å²) in [5.74, 6) is -1.10. The van der Waals surface area contributed by atoms with Gasteiger partial charge < -0.3 is 16.8 Å². The first-order valence-corrected chi connectivity index (χ1v) is 6.57. The molecular weight excluding hydrogens is 270 g/mol. The average Bonchev–Trinajstić information content (AvgIpc) is 2.81. The van der Waals surface area contributed by atoms with E-state index in [1.807, 2.05) is 6.92 Å². The van der Waals surface area contributed by atoms with Crippen molar-refractivity contribution < 1.29 is 9.59 Å². The normalized spacial score (nSPS) is 10.3. The predicted molar refractivity (Wildman–Crippen MR) is 79.9 cm³/mol. The van der Waals surface area contributed by atoms with Crippen LogP contribution >= 0.6 is 0 Å². The van der Waals surface area contributed by atoms with Crippen LogP contribution in [-0.2, 0) is 6.42 Å². The molecule has 0 aliphatic heterocycles. The van der Waals surface area contributed by atoms with E-state index in [1.54, 1.807) is 18.2 Å². The molecule has 0 aliphatic carbocycles. The summed E-state index contributed by atoms with van der Waals surface area (Å²) in [4.78, 5) is 23.5. The Morgan fingerprint density at radius 3 is 2.71 bits per heavy atom. The van der Waals surface area contributed by atoms with Gasteiger partial charge >= 0.3 is 0 Å². The fourth-order valence-corrected chi connectivity index (χ4v) is 1.99. The summed E-state index contributed by atoms with van der Waals surface area (Å²) in [5.41, 5.74) is 12.9. The van der Waals surface area contributed by atoms with E-state index < -0.39 is 11.8 Å². The van der Waals surface area contributed by atoms with E-state index in [-0.39, 0.29) is 11.3 Å². The van der Waals surface area contributed by atoms with E-state index >= 15 is 0 Å². The third kappa shape index (κ3) is 3.02. The van der Waals surface area contributed by atoms with E-state index in [4.69, 9.17) is 11.5 Å². The van der Waals surface area contributed by atoms with Crippen molar-refractivity contribution in [3.8, 4) is 0 Å². The molecule has 110 valence electrons. The van der Waals surface area contributed by atoms with Crippen molar-refractivity contribution >= 4 is 23.2 Å². The SMILES string of the molecule is CCCc1[nH]nc(C(=O)Nc2ccccc2C(N)=O)c1N. The maximum absolute atomic E-state index is 12.2. The lowest BCUT2D eigenvalue weighted by molar-refractivity contribution is 0.100.